The molecule has 44 heavy (non-hydrogen) atoms. The number of hydrogen-bond acceptors (Lipinski definition) is 3. The molecule has 0 saturated carbocycles. The highest BCUT2D eigenvalue weighted by atomic mass is 16.3. The van der Waals surface area contributed by atoms with Crippen molar-refractivity contribution in [2.24, 2.45) is 0 Å². The molecule has 0 aliphatic rings. The first-order valence-corrected chi connectivity index (χ1v) is 14.7. The van der Waals surface area contributed by atoms with E-state index in [1.54, 1.807) is 6.33 Å². The summed E-state index contributed by atoms with van der Waals surface area (Å²) >= 11 is 0. The van der Waals surface area contributed by atoms with Crippen molar-refractivity contribution in [2.75, 3.05) is 0 Å². The maximum atomic E-state index is 6.40. The van der Waals surface area contributed by atoms with E-state index in [-0.39, 0.29) is 0 Å². The average Bonchev–Trinajstić information content (AvgIpc) is 3.64. The van der Waals surface area contributed by atoms with Crippen LogP contribution < -0.4 is 0 Å². The zero-order valence-electron chi connectivity index (χ0n) is 23.7. The molecule has 4 nitrogen and oxygen atoms in total. The second-order valence-electron chi connectivity index (χ2n) is 11.1. The van der Waals surface area contributed by atoms with E-state index in [1.807, 2.05) is 12.1 Å². The Balaban J connectivity index is 1.16. The Morgan fingerprint density at radius 1 is 0.455 bits per heavy atom. The Morgan fingerprint density at radius 2 is 1.09 bits per heavy atom. The van der Waals surface area contributed by atoms with Crippen LogP contribution in [0.15, 0.2) is 156 Å². The summed E-state index contributed by atoms with van der Waals surface area (Å²) in [4.78, 5) is 9.36. The van der Waals surface area contributed by atoms with E-state index in [4.69, 9.17) is 9.40 Å². The van der Waals surface area contributed by atoms with Crippen LogP contribution in [0.3, 0.4) is 0 Å². The molecule has 0 atom stereocenters. The van der Waals surface area contributed by atoms with Crippen LogP contribution in [-0.4, -0.2) is 14.5 Å². The van der Waals surface area contributed by atoms with Crippen LogP contribution in [0.1, 0.15) is 0 Å². The molecule has 0 fully saturated rings. The van der Waals surface area contributed by atoms with Gasteiger partial charge in [-0.2, -0.15) is 0 Å². The number of para-hydroxylation sites is 2. The molecule has 3 heterocycles. The third kappa shape index (κ3) is 3.85. The fraction of sp³-hybridized carbons (Fsp3) is 0. The van der Waals surface area contributed by atoms with Crippen LogP contribution in [-0.2, 0) is 0 Å². The first-order valence-electron chi connectivity index (χ1n) is 14.7. The molecule has 6 aromatic carbocycles. The fourth-order valence-electron chi connectivity index (χ4n) is 6.46. The number of rotatable bonds is 4. The number of hydrogen-bond donors (Lipinski definition) is 0. The third-order valence-corrected chi connectivity index (χ3v) is 8.51. The second-order valence-corrected chi connectivity index (χ2v) is 11.1. The van der Waals surface area contributed by atoms with Gasteiger partial charge in [0.25, 0.3) is 0 Å². The summed E-state index contributed by atoms with van der Waals surface area (Å²) in [5.74, 6) is 0. The number of nitrogens with zero attached hydrogens (tertiary/aromatic N) is 3. The maximum Gasteiger partial charge on any atom is 0.180 e. The standard InChI is InChI=1S/C40H25N3O/c1-2-10-26(11-3-1)29-20-21-37-34(24-29)39-40(44-37)38(41-25-42-39)30-14-8-12-27(22-30)28-13-9-15-31(23-28)43-35-18-6-4-16-32(35)33-17-5-7-19-36(33)43/h1-25H. The van der Waals surface area contributed by atoms with Crippen molar-refractivity contribution in [2.45, 2.75) is 0 Å². The summed E-state index contributed by atoms with van der Waals surface area (Å²) in [6, 6.07) is 51.1. The molecule has 3 aromatic heterocycles. The lowest BCUT2D eigenvalue weighted by molar-refractivity contribution is 0.667. The molecule has 0 aliphatic carbocycles. The highest BCUT2D eigenvalue weighted by Gasteiger charge is 2.17. The Labute approximate surface area is 253 Å². The lowest BCUT2D eigenvalue weighted by Gasteiger charge is -2.11. The second kappa shape index (κ2) is 9.79. The molecular formula is C40H25N3O. The fourth-order valence-corrected chi connectivity index (χ4v) is 6.46. The van der Waals surface area contributed by atoms with Crippen LogP contribution in [0.25, 0.3) is 83.1 Å². The average molecular weight is 564 g/mol. The van der Waals surface area contributed by atoms with E-state index >= 15 is 0 Å². The minimum atomic E-state index is 0.698. The molecule has 0 spiro atoms. The monoisotopic (exact) mass is 563 g/mol. The van der Waals surface area contributed by atoms with Crippen molar-refractivity contribution in [1.82, 2.24) is 14.5 Å². The van der Waals surface area contributed by atoms with Gasteiger partial charge in [0.1, 0.15) is 23.1 Å². The van der Waals surface area contributed by atoms with E-state index in [9.17, 15) is 0 Å². The van der Waals surface area contributed by atoms with Crippen molar-refractivity contribution < 1.29 is 4.42 Å². The van der Waals surface area contributed by atoms with Gasteiger partial charge in [-0.25, -0.2) is 9.97 Å². The molecule has 0 unspecified atom stereocenters. The number of furan rings is 1. The molecule has 206 valence electrons. The summed E-state index contributed by atoms with van der Waals surface area (Å²) in [5, 5.41) is 3.50. The molecule has 0 saturated heterocycles. The first-order chi connectivity index (χ1) is 21.8. The van der Waals surface area contributed by atoms with Gasteiger partial charge < -0.3 is 8.98 Å². The van der Waals surface area contributed by atoms with Gasteiger partial charge in [0.05, 0.1) is 11.0 Å². The largest absolute Gasteiger partial charge is 0.452 e. The summed E-state index contributed by atoms with van der Waals surface area (Å²) in [6.45, 7) is 0. The number of benzene rings is 6. The van der Waals surface area contributed by atoms with Gasteiger partial charge in [-0.3, -0.25) is 0 Å². The lowest BCUT2D eigenvalue weighted by atomic mass is 10.0. The third-order valence-electron chi connectivity index (χ3n) is 8.51. The minimum Gasteiger partial charge on any atom is -0.452 e. The first kappa shape index (κ1) is 24.6. The predicted octanol–water partition coefficient (Wildman–Crippen LogP) is 10.5. The smallest absolute Gasteiger partial charge is 0.180 e. The van der Waals surface area contributed by atoms with Crippen LogP contribution in [0, 0.1) is 0 Å². The molecule has 9 aromatic rings. The van der Waals surface area contributed by atoms with Crippen LogP contribution >= 0.6 is 0 Å². The van der Waals surface area contributed by atoms with Gasteiger partial charge >= 0.3 is 0 Å². The summed E-state index contributed by atoms with van der Waals surface area (Å²) in [5.41, 5.74) is 12.1. The topological polar surface area (TPSA) is 43.9 Å². The molecule has 0 bridgehead atoms. The molecule has 0 radical (unpaired) electrons. The zero-order valence-corrected chi connectivity index (χ0v) is 23.7. The summed E-state index contributed by atoms with van der Waals surface area (Å²) in [7, 11) is 0. The minimum absolute atomic E-state index is 0.698. The molecule has 9 rings (SSSR count). The zero-order chi connectivity index (χ0) is 29.0. The Hall–Kier alpha value is -6.00. The lowest BCUT2D eigenvalue weighted by Crippen LogP contribution is -1.94. The van der Waals surface area contributed by atoms with E-state index in [2.05, 4.69) is 143 Å². The van der Waals surface area contributed by atoms with E-state index in [1.165, 1.54) is 21.8 Å². The van der Waals surface area contributed by atoms with E-state index < -0.39 is 0 Å². The SMILES string of the molecule is c1ccc(-c2ccc3oc4c(-c5cccc(-c6cccc(-n7c8ccccc8c8ccccc87)c6)c5)ncnc4c3c2)cc1. The Kier molecular flexibility index (Phi) is 5.47. The van der Waals surface area contributed by atoms with Gasteiger partial charge in [0.15, 0.2) is 5.58 Å². The molecule has 0 N–H and O–H groups in total. The van der Waals surface area contributed by atoms with Crippen LogP contribution in [0.4, 0.5) is 0 Å². The van der Waals surface area contributed by atoms with E-state index in [0.717, 1.165) is 55.7 Å². The quantitative estimate of drug-likeness (QED) is 0.214. The van der Waals surface area contributed by atoms with Crippen molar-refractivity contribution >= 4 is 43.9 Å². The summed E-state index contributed by atoms with van der Waals surface area (Å²) in [6.07, 6.45) is 1.64. The summed E-state index contributed by atoms with van der Waals surface area (Å²) < 4.78 is 8.75. The highest BCUT2D eigenvalue weighted by molar-refractivity contribution is 6.09. The van der Waals surface area contributed by atoms with Crippen molar-refractivity contribution in [3.8, 4) is 39.2 Å². The highest BCUT2D eigenvalue weighted by Crippen LogP contribution is 2.37. The van der Waals surface area contributed by atoms with Crippen molar-refractivity contribution in [3.05, 3.63) is 152 Å². The molecule has 4 heteroatoms. The van der Waals surface area contributed by atoms with Crippen LogP contribution in [0.5, 0.6) is 0 Å². The van der Waals surface area contributed by atoms with Gasteiger partial charge in [-0.1, -0.05) is 103 Å². The van der Waals surface area contributed by atoms with Gasteiger partial charge in [-0.05, 0) is 64.7 Å². The van der Waals surface area contributed by atoms with Gasteiger partial charge in [0, 0.05) is 27.4 Å². The predicted molar refractivity (Wildman–Crippen MR) is 180 cm³/mol. The molecule has 0 amide bonds. The van der Waals surface area contributed by atoms with Crippen molar-refractivity contribution in [1.29, 1.82) is 0 Å². The number of fused-ring (bicyclic) bond motifs is 6. The normalized spacial score (nSPS) is 11.6. The Morgan fingerprint density at radius 3 is 1.89 bits per heavy atom. The van der Waals surface area contributed by atoms with Crippen molar-refractivity contribution in [3.63, 3.8) is 0 Å². The van der Waals surface area contributed by atoms with Gasteiger partial charge in [-0.15, -0.1) is 0 Å². The molecular weight excluding hydrogens is 538 g/mol. The number of aromatic nitrogens is 3. The van der Waals surface area contributed by atoms with E-state index in [0.29, 0.717) is 5.58 Å². The maximum absolute atomic E-state index is 6.40. The van der Waals surface area contributed by atoms with Gasteiger partial charge in [0.2, 0.25) is 0 Å². The molecule has 0 aliphatic heterocycles. The van der Waals surface area contributed by atoms with Crippen LogP contribution in [0.2, 0.25) is 0 Å². The Bertz CT molecular complexity index is 2450.